The van der Waals surface area contributed by atoms with Gasteiger partial charge >= 0.3 is 0 Å². The van der Waals surface area contributed by atoms with Gasteiger partial charge < -0.3 is 9.80 Å². The molecule has 5 heteroatoms. The number of pyridine rings is 2. The molecule has 0 fully saturated rings. The number of allylic oxidation sites excluding steroid dienone is 1. The van der Waals surface area contributed by atoms with Crippen LogP contribution in [-0.4, -0.2) is 30.1 Å². The van der Waals surface area contributed by atoms with Gasteiger partial charge in [-0.25, -0.2) is 9.97 Å². The molecular weight excluding hydrogens is 279 g/mol. The van der Waals surface area contributed by atoms with Gasteiger partial charge in [0.1, 0.15) is 0 Å². The molecule has 0 bridgehead atoms. The standard InChI is InChI=1S/C17H19FN4/c1-12(2)22-10-4-9-21(3)15-6-5-14(20-17(15)22)13-7-8-19-16(18)11-13/h5-8,11H,1,4,9-10H2,2-3H3. The van der Waals surface area contributed by atoms with Crippen molar-refractivity contribution in [2.75, 3.05) is 29.9 Å². The summed E-state index contributed by atoms with van der Waals surface area (Å²) in [5.41, 5.74) is 3.49. The van der Waals surface area contributed by atoms with E-state index in [0.29, 0.717) is 0 Å². The molecule has 0 saturated carbocycles. The fourth-order valence-corrected chi connectivity index (χ4v) is 2.72. The van der Waals surface area contributed by atoms with Crippen LogP contribution in [0.25, 0.3) is 11.3 Å². The average molecular weight is 298 g/mol. The molecule has 1 aliphatic heterocycles. The van der Waals surface area contributed by atoms with Crippen LogP contribution in [-0.2, 0) is 0 Å². The molecule has 0 aliphatic carbocycles. The first kappa shape index (κ1) is 14.5. The van der Waals surface area contributed by atoms with Crippen LogP contribution < -0.4 is 9.80 Å². The normalized spacial score (nSPS) is 14.5. The molecule has 3 rings (SSSR count). The lowest BCUT2D eigenvalue weighted by Gasteiger charge is -2.25. The van der Waals surface area contributed by atoms with E-state index >= 15 is 0 Å². The maximum absolute atomic E-state index is 13.4. The lowest BCUT2D eigenvalue weighted by atomic mass is 10.1. The topological polar surface area (TPSA) is 32.3 Å². The summed E-state index contributed by atoms with van der Waals surface area (Å²) in [5.74, 6) is 0.380. The highest BCUT2D eigenvalue weighted by molar-refractivity contribution is 5.74. The monoisotopic (exact) mass is 298 g/mol. The highest BCUT2D eigenvalue weighted by atomic mass is 19.1. The molecule has 0 atom stereocenters. The summed E-state index contributed by atoms with van der Waals surface area (Å²) >= 11 is 0. The van der Waals surface area contributed by atoms with E-state index in [0.717, 1.165) is 48.0 Å². The fourth-order valence-electron chi connectivity index (χ4n) is 2.72. The Morgan fingerprint density at radius 3 is 2.82 bits per heavy atom. The van der Waals surface area contributed by atoms with E-state index in [1.54, 1.807) is 6.07 Å². The number of aromatic nitrogens is 2. The molecule has 22 heavy (non-hydrogen) atoms. The second kappa shape index (κ2) is 5.75. The SMILES string of the molecule is C=C(C)N1CCCN(C)c2ccc(-c3ccnc(F)c3)nc21. The van der Waals surface area contributed by atoms with Crippen molar-refractivity contribution in [2.45, 2.75) is 13.3 Å². The van der Waals surface area contributed by atoms with Crippen molar-refractivity contribution in [1.82, 2.24) is 9.97 Å². The maximum Gasteiger partial charge on any atom is 0.213 e. The molecule has 2 aromatic rings. The zero-order chi connectivity index (χ0) is 15.7. The van der Waals surface area contributed by atoms with Gasteiger partial charge in [-0.2, -0.15) is 4.39 Å². The van der Waals surface area contributed by atoms with E-state index in [2.05, 4.69) is 28.4 Å². The Labute approximate surface area is 129 Å². The van der Waals surface area contributed by atoms with Crippen molar-refractivity contribution >= 4 is 11.5 Å². The second-order valence-corrected chi connectivity index (χ2v) is 5.57. The average Bonchev–Trinajstić information content (AvgIpc) is 2.66. The molecule has 114 valence electrons. The third-order valence-electron chi connectivity index (χ3n) is 3.88. The first-order valence-electron chi connectivity index (χ1n) is 7.33. The van der Waals surface area contributed by atoms with Gasteiger partial charge in [-0.1, -0.05) is 6.58 Å². The second-order valence-electron chi connectivity index (χ2n) is 5.57. The molecule has 2 aromatic heterocycles. The highest BCUT2D eigenvalue weighted by Gasteiger charge is 2.21. The van der Waals surface area contributed by atoms with Gasteiger partial charge in [0.2, 0.25) is 5.95 Å². The summed E-state index contributed by atoms with van der Waals surface area (Å²) in [6.07, 6.45) is 2.50. The first-order valence-corrected chi connectivity index (χ1v) is 7.33. The summed E-state index contributed by atoms with van der Waals surface area (Å²) in [5, 5.41) is 0. The number of halogens is 1. The van der Waals surface area contributed by atoms with E-state index in [1.165, 1.54) is 12.3 Å². The van der Waals surface area contributed by atoms with Crippen molar-refractivity contribution in [2.24, 2.45) is 0 Å². The third-order valence-corrected chi connectivity index (χ3v) is 3.88. The lowest BCUT2D eigenvalue weighted by molar-refractivity contribution is 0.584. The Morgan fingerprint density at radius 2 is 2.09 bits per heavy atom. The molecule has 1 aliphatic rings. The minimum atomic E-state index is -0.497. The van der Waals surface area contributed by atoms with Crippen molar-refractivity contribution in [1.29, 1.82) is 0 Å². The van der Waals surface area contributed by atoms with Crippen LogP contribution in [0.15, 0.2) is 42.7 Å². The first-order chi connectivity index (χ1) is 10.6. The number of anilines is 2. The largest absolute Gasteiger partial charge is 0.372 e. The molecule has 0 amide bonds. The Hall–Kier alpha value is -2.43. The molecule has 0 spiro atoms. The third kappa shape index (κ3) is 2.66. The van der Waals surface area contributed by atoms with E-state index in [9.17, 15) is 4.39 Å². The van der Waals surface area contributed by atoms with Crippen LogP contribution in [0, 0.1) is 5.95 Å². The van der Waals surface area contributed by atoms with Gasteiger partial charge in [0.05, 0.1) is 11.4 Å². The predicted octanol–water partition coefficient (Wildman–Crippen LogP) is 3.46. The number of nitrogens with zero attached hydrogens (tertiary/aromatic N) is 4. The van der Waals surface area contributed by atoms with Crippen LogP contribution in [0.4, 0.5) is 15.9 Å². The summed E-state index contributed by atoms with van der Waals surface area (Å²) in [6.45, 7) is 7.90. The van der Waals surface area contributed by atoms with Gasteiger partial charge in [0.15, 0.2) is 5.82 Å². The predicted molar refractivity (Wildman–Crippen MR) is 87.5 cm³/mol. The van der Waals surface area contributed by atoms with E-state index < -0.39 is 5.95 Å². The summed E-state index contributed by atoms with van der Waals surface area (Å²) in [7, 11) is 2.06. The highest BCUT2D eigenvalue weighted by Crippen LogP contribution is 2.34. The maximum atomic E-state index is 13.4. The number of rotatable bonds is 2. The molecule has 0 radical (unpaired) electrons. The lowest BCUT2D eigenvalue weighted by Crippen LogP contribution is -2.22. The quantitative estimate of drug-likeness (QED) is 0.795. The molecule has 0 N–H and O–H groups in total. The van der Waals surface area contributed by atoms with Gasteiger partial charge in [0.25, 0.3) is 0 Å². The van der Waals surface area contributed by atoms with Gasteiger partial charge in [0, 0.05) is 43.7 Å². The molecule has 0 unspecified atom stereocenters. The van der Waals surface area contributed by atoms with Crippen molar-refractivity contribution < 1.29 is 4.39 Å². The Kier molecular flexibility index (Phi) is 3.79. The summed E-state index contributed by atoms with van der Waals surface area (Å²) in [4.78, 5) is 12.7. The van der Waals surface area contributed by atoms with Gasteiger partial charge in [-0.3, -0.25) is 0 Å². The minimum Gasteiger partial charge on any atom is -0.372 e. The number of hydrogen-bond acceptors (Lipinski definition) is 4. The molecule has 4 nitrogen and oxygen atoms in total. The minimum absolute atomic E-state index is 0.497. The number of fused-ring (bicyclic) bond motifs is 1. The van der Waals surface area contributed by atoms with Crippen LogP contribution in [0.3, 0.4) is 0 Å². The zero-order valence-electron chi connectivity index (χ0n) is 12.9. The van der Waals surface area contributed by atoms with Crippen LogP contribution >= 0.6 is 0 Å². The summed E-state index contributed by atoms with van der Waals surface area (Å²) in [6, 6.07) is 7.13. The van der Waals surface area contributed by atoms with Crippen LogP contribution in [0.1, 0.15) is 13.3 Å². The number of hydrogen-bond donors (Lipinski definition) is 0. The Balaban J connectivity index is 2.12. The van der Waals surface area contributed by atoms with E-state index in [4.69, 9.17) is 4.98 Å². The van der Waals surface area contributed by atoms with Crippen molar-refractivity contribution in [3.63, 3.8) is 0 Å². The van der Waals surface area contributed by atoms with E-state index in [1.807, 2.05) is 19.1 Å². The molecule has 0 saturated heterocycles. The van der Waals surface area contributed by atoms with Crippen molar-refractivity contribution in [3.05, 3.63) is 48.7 Å². The molecular formula is C17H19FN4. The Bertz CT molecular complexity index is 714. The fraction of sp³-hybridized carbons (Fsp3) is 0.294. The molecule has 0 aromatic carbocycles. The summed E-state index contributed by atoms with van der Waals surface area (Å²) < 4.78 is 13.4. The van der Waals surface area contributed by atoms with Crippen LogP contribution in [0.2, 0.25) is 0 Å². The van der Waals surface area contributed by atoms with Crippen molar-refractivity contribution in [3.8, 4) is 11.3 Å². The van der Waals surface area contributed by atoms with Gasteiger partial charge in [-0.15, -0.1) is 0 Å². The van der Waals surface area contributed by atoms with Crippen LogP contribution in [0.5, 0.6) is 0 Å². The Morgan fingerprint density at radius 1 is 1.27 bits per heavy atom. The van der Waals surface area contributed by atoms with Gasteiger partial charge in [-0.05, 0) is 31.5 Å². The zero-order valence-corrected chi connectivity index (χ0v) is 12.9. The van der Waals surface area contributed by atoms with E-state index in [-0.39, 0.29) is 0 Å². The molecule has 3 heterocycles. The smallest absolute Gasteiger partial charge is 0.213 e.